The molecule has 120 valence electrons. The number of ether oxygens (including phenoxy) is 1. The molecule has 0 aromatic heterocycles. The number of morpholine rings is 1. The number of rotatable bonds is 4. The van der Waals surface area contributed by atoms with Crippen molar-refractivity contribution in [1.82, 2.24) is 15.1 Å². The number of hydrogen-bond acceptors (Lipinski definition) is 4. The van der Waals surface area contributed by atoms with E-state index in [0.29, 0.717) is 12.6 Å². The minimum absolute atomic E-state index is 0. The van der Waals surface area contributed by atoms with Gasteiger partial charge in [-0.2, -0.15) is 0 Å². The first-order valence-corrected chi connectivity index (χ1v) is 7.05. The molecule has 2 saturated heterocycles. The lowest BCUT2D eigenvalue weighted by Crippen LogP contribution is -2.53. The number of carbonyl (C=O) groups excluding carboxylic acids is 1. The molecule has 2 rings (SSSR count). The zero-order chi connectivity index (χ0) is 13.0. The molecule has 2 atom stereocenters. The molecule has 0 spiro atoms. The van der Waals surface area contributed by atoms with Crippen molar-refractivity contribution in [1.29, 1.82) is 0 Å². The number of amides is 1. The molecule has 5 nitrogen and oxygen atoms in total. The van der Waals surface area contributed by atoms with Crippen LogP contribution in [0.3, 0.4) is 0 Å². The Hall–Kier alpha value is -0.0700. The van der Waals surface area contributed by atoms with Crippen LogP contribution in [0.5, 0.6) is 0 Å². The fourth-order valence-corrected chi connectivity index (χ4v) is 2.90. The average Bonchev–Trinajstić information content (AvgIpc) is 2.86. The Morgan fingerprint density at radius 2 is 2.10 bits per heavy atom. The first-order chi connectivity index (χ1) is 8.76. The first-order valence-electron chi connectivity index (χ1n) is 7.05. The number of nitrogens with one attached hydrogen (secondary N) is 1. The van der Waals surface area contributed by atoms with Gasteiger partial charge < -0.3 is 15.0 Å². The Morgan fingerprint density at radius 3 is 2.75 bits per heavy atom. The van der Waals surface area contributed by atoms with Gasteiger partial charge in [-0.05, 0) is 26.4 Å². The Balaban J connectivity index is 0.00000180. The lowest BCUT2D eigenvalue weighted by atomic mass is 10.2. The van der Waals surface area contributed by atoms with Crippen molar-refractivity contribution in [3.8, 4) is 0 Å². The third-order valence-corrected chi connectivity index (χ3v) is 3.97. The molecule has 0 aromatic rings. The van der Waals surface area contributed by atoms with Crippen LogP contribution in [-0.2, 0) is 9.53 Å². The SMILES string of the molecule is CCN1CCOC(C(=O)N2CCCC2CNC)C1.Cl.Cl. The molecule has 2 unspecified atom stereocenters. The average molecular weight is 328 g/mol. The van der Waals surface area contributed by atoms with Crippen LogP contribution in [0.15, 0.2) is 0 Å². The summed E-state index contributed by atoms with van der Waals surface area (Å²) in [5.41, 5.74) is 0. The molecule has 7 heteroatoms. The largest absolute Gasteiger partial charge is 0.366 e. The van der Waals surface area contributed by atoms with Gasteiger partial charge >= 0.3 is 0 Å². The summed E-state index contributed by atoms with van der Waals surface area (Å²) < 4.78 is 5.66. The third-order valence-electron chi connectivity index (χ3n) is 3.97. The van der Waals surface area contributed by atoms with Crippen LogP contribution >= 0.6 is 24.8 Å². The Bertz CT molecular complexity index is 295. The summed E-state index contributed by atoms with van der Waals surface area (Å²) >= 11 is 0. The number of carbonyl (C=O) groups is 1. The van der Waals surface area contributed by atoms with E-state index < -0.39 is 0 Å². The molecular formula is C13H27Cl2N3O2. The molecule has 2 fully saturated rings. The maximum atomic E-state index is 12.5. The van der Waals surface area contributed by atoms with Crippen molar-refractivity contribution in [2.24, 2.45) is 0 Å². The quantitative estimate of drug-likeness (QED) is 0.828. The number of nitrogens with zero attached hydrogens (tertiary/aromatic N) is 2. The standard InChI is InChI=1S/C13H25N3O2.2ClH/c1-3-15-7-8-18-12(10-15)13(17)16-6-4-5-11(16)9-14-2;;/h11-12,14H,3-10H2,1-2H3;2*1H. The van der Waals surface area contributed by atoms with Crippen molar-refractivity contribution in [2.75, 3.05) is 46.4 Å². The van der Waals surface area contributed by atoms with Crippen molar-refractivity contribution >= 4 is 30.7 Å². The van der Waals surface area contributed by atoms with Crippen LogP contribution in [0, 0.1) is 0 Å². The summed E-state index contributed by atoms with van der Waals surface area (Å²) in [6.07, 6.45) is 1.97. The summed E-state index contributed by atoms with van der Waals surface area (Å²) in [5, 5.41) is 3.17. The summed E-state index contributed by atoms with van der Waals surface area (Å²) in [6.45, 7) is 7.26. The molecular weight excluding hydrogens is 301 g/mol. The number of halogens is 2. The van der Waals surface area contributed by atoms with Gasteiger partial charge in [-0.3, -0.25) is 9.69 Å². The molecule has 0 bridgehead atoms. The highest BCUT2D eigenvalue weighted by Gasteiger charge is 2.35. The monoisotopic (exact) mass is 327 g/mol. The van der Waals surface area contributed by atoms with E-state index in [1.54, 1.807) is 0 Å². The van der Waals surface area contributed by atoms with Crippen LogP contribution in [0.2, 0.25) is 0 Å². The van der Waals surface area contributed by atoms with Gasteiger partial charge in [-0.1, -0.05) is 6.92 Å². The maximum absolute atomic E-state index is 12.5. The molecule has 0 saturated carbocycles. The zero-order valence-corrected chi connectivity index (χ0v) is 14.0. The van der Waals surface area contributed by atoms with Crippen molar-refractivity contribution in [3.63, 3.8) is 0 Å². The Morgan fingerprint density at radius 1 is 1.35 bits per heavy atom. The summed E-state index contributed by atoms with van der Waals surface area (Å²) in [5.74, 6) is 0.186. The molecule has 2 aliphatic heterocycles. The molecule has 0 radical (unpaired) electrons. The maximum Gasteiger partial charge on any atom is 0.253 e. The van der Waals surface area contributed by atoms with E-state index in [1.807, 2.05) is 11.9 Å². The van der Waals surface area contributed by atoms with Gasteiger partial charge in [0, 0.05) is 32.2 Å². The molecule has 1 amide bonds. The summed E-state index contributed by atoms with van der Waals surface area (Å²) in [4.78, 5) is 16.8. The first kappa shape index (κ1) is 19.9. The van der Waals surface area contributed by atoms with Gasteiger partial charge in [0.1, 0.15) is 6.10 Å². The van der Waals surface area contributed by atoms with E-state index in [2.05, 4.69) is 17.1 Å². The van der Waals surface area contributed by atoms with E-state index in [4.69, 9.17) is 4.74 Å². The van der Waals surface area contributed by atoms with Crippen LogP contribution in [0.4, 0.5) is 0 Å². The summed E-state index contributed by atoms with van der Waals surface area (Å²) in [6, 6.07) is 0.350. The molecule has 1 N–H and O–H groups in total. The highest BCUT2D eigenvalue weighted by molar-refractivity contribution is 5.85. The second kappa shape index (κ2) is 9.79. The van der Waals surface area contributed by atoms with E-state index in [-0.39, 0.29) is 36.8 Å². The highest BCUT2D eigenvalue weighted by Crippen LogP contribution is 2.19. The molecule has 2 aliphatic rings. The van der Waals surface area contributed by atoms with Crippen LogP contribution in [0.1, 0.15) is 19.8 Å². The fourth-order valence-electron chi connectivity index (χ4n) is 2.90. The van der Waals surface area contributed by atoms with E-state index in [1.165, 1.54) is 0 Å². The normalized spacial score (nSPS) is 26.8. The topological polar surface area (TPSA) is 44.8 Å². The summed E-state index contributed by atoms with van der Waals surface area (Å²) in [7, 11) is 1.94. The van der Waals surface area contributed by atoms with Crippen LogP contribution < -0.4 is 5.32 Å². The van der Waals surface area contributed by atoms with Gasteiger partial charge in [0.05, 0.1) is 6.61 Å². The minimum atomic E-state index is -0.254. The van der Waals surface area contributed by atoms with E-state index >= 15 is 0 Å². The fraction of sp³-hybridized carbons (Fsp3) is 0.923. The van der Waals surface area contributed by atoms with Gasteiger partial charge in [0.15, 0.2) is 0 Å². The minimum Gasteiger partial charge on any atom is -0.366 e. The predicted octanol–water partition coefficient (Wildman–Crippen LogP) is 0.761. The molecule has 0 aliphatic carbocycles. The van der Waals surface area contributed by atoms with Crippen LogP contribution in [-0.4, -0.2) is 74.2 Å². The zero-order valence-electron chi connectivity index (χ0n) is 12.3. The third kappa shape index (κ3) is 4.74. The number of likely N-dealkylation sites (N-methyl/N-ethyl adjacent to an activating group) is 2. The van der Waals surface area contributed by atoms with Gasteiger partial charge in [-0.25, -0.2) is 0 Å². The van der Waals surface area contributed by atoms with Gasteiger partial charge in [-0.15, -0.1) is 24.8 Å². The number of hydrogen-bond donors (Lipinski definition) is 1. The smallest absolute Gasteiger partial charge is 0.253 e. The molecule has 0 aromatic carbocycles. The van der Waals surface area contributed by atoms with Crippen molar-refractivity contribution < 1.29 is 9.53 Å². The second-order valence-electron chi connectivity index (χ2n) is 5.14. The number of likely N-dealkylation sites (tertiary alicyclic amines) is 1. The second-order valence-corrected chi connectivity index (χ2v) is 5.14. The van der Waals surface area contributed by atoms with E-state index in [0.717, 1.165) is 45.6 Å². The van der Waals surface area contributed by atoms with Crippen molar-refractivity contribution in [3.05, 3.63) is 0 Å². The van der Waals surface area contributed by atoms with E-state index in [9.17, 15) is 4.79 Å². The van der Waals surface area contributed by atoms with Crippen molar-refractivity contribution in [2.45, 2.75) is 31.9 Å². The lowest BCUT2D eigenvalue weighted by Gasteiger charge is -2.35. The highest BCUT2D eigenvalue weighted by atomic mass is 35.5. The Labute approximate surface area is 134 Å². The molecule has 20 heavy (non-hydrogen) atoms. The lowest BCUT2D eigenvalue weighted by molar-refractivity contribution is -0.150. The van der Waals surface area contributed by atoms with Gasteiger partial charge in [0.2, 0.25) is 0 Å². The predicted molar refractivity (Wildman–Crippen MR) is 85.0 cm³/mol. The molecule has 2 heterocycles. The van der Waals surface area contributed by atoms with Crippen LogP contribution in [0.25, 0.3) is 0 Å². The Kier molecular flexibility index (Phi) is 9.76. The van der Waals surface area contributed by atoms with Gasteiger partial charge in [0.25, 0.3) is 5.91 Å².